The number of aromatic nitrogens is 3. The molecule has 0 spiro atoms. The summed E-state index contributed by atoms with van der Waals surface area (Å²) in [6.07, 6.45) is 8.31. The number of carbonyl (C=O) groups is 1. The van der Waals surface area contributed by atoms with Gasteiger partial charge in [0.2, 0.25) is 5.91 Å². The lowest BCUT2D eigenvalue weighted by Gasteiger charge is -2.20. The molecular formula is C18H19ClN4O. The van der Waals surface area contributed by atoms with Crippen LogP contribution in [-0.2, 0) is 17.6 Å². The highest BCUT2D eigenvalue weighted by Crippen LogP contribution is 2.12. The maximum absolute atomic E-state index is 12.5. The van der Waals surface area contributed by atoms with Crippen molar-refractivity contribution in [3.8, 4) is 0 Å². The van der Waals surface area contributed by atoms with Crippen LogP contribution in [0.2, 0.25) is 5.02 Å². The number of hydrogen-bond donors (Lipinski definition) is 0. The molecule has 124 valence electrons. The van der Waals surface area contributed by atoms with Crippen molar-refractivity contribution >= 4 is 23.2 Å². The van der Waals surface area contributed by atoms with E-state index in [0.717, 1.165) is 17.8 Å². The molecule has 0 unspecified atom stereocenters. The van der Waals surface area contributed by atoms with Gasteiger partial charge in [-0.2, -0.15) is 0 Å². The topological polar surface area (TPSA) is 50.5 Å². The monoisotopic (exact) mass is 342 g/mol. The second kappa shape index (κ2) is 7.45. The van der Waals surface area contributed by atoms with Crippen molar-refractivity contribution in [1.29, 1.82) is 0 Å². The molecule has 5 nitrogen and oxygen atoms in total. The average molecular weight is 343 g/mol. The van der Waals surface area contributed by atoms with Crippen LogP contribution >= 0.6 is 11.6 Å². The Morgan fingerprint density at radius 1 is 1.21 bits per heavy atom. The van der Waals surface area contributed by atoms with E-state index in [2.05, 4.69) is 9.97 Å². The quantitative estimate of drug-likeness (QED) is 0.692. The van der Waals surface area contributed by atoms with Crippen LogP contribution in [0.3, 0.4) is 0 Å². The second-order valence-electron chi connectivity index (χ2n) is 5.60. The minimum atomic E-state index is 0.0843. The molecule has 0 fully saturated rings. The molecule has 3 heterocycles. The summed E-state index contributed by atoms with van der Waals surface area (Å²) in [5.41, 5.74) is 2.73. The highest BCUT2D eigenvalue weighted by Gasteiger charge is 2.14. The number of halogens is 1. The Labute approximate surface area is 145 Å². The van der Waals surface area contributed by atoms with Crippen LogP contribution in [0.25, 0.3) is 5.65 Å². The van der Waals surface area contributed by atoms with E-state index in [0.29, 0.717) is 24.5 Å². The average Bonchev–Trinajstić information content (AvgIpc) is 2.97. The van der Waals surface area contributed by atoms with Crippen molar-refractivity contribution in [1.82, 2.24) is 19.3 Å². The van der Waals surface area contributed by atoms with Crippen LogP contribution in [0.5, 0.6) is 0 Å². The number of nitrogens with zero attached hydrogens (tertiary/aromatic N) is 4. The highest BCUT2D eigenvalue weighted by molar-refractivity contribution is 6.30. The third kappa shape index (κ3) is 3.92. The van der Waals surface area contributed by atoms with Gasteiger partial charge in [0.05, 0.1) is 17.1 Å². The first-order chi connectivity index (χ1) is 11.7. The first-order valence-electron chi connectivity index (χ1n) is 7.95. The predicted octanol–water partition coefficient (Wildman–Crippen LogP) is 3.02. The fraction of sp³-hybridized carbons (Fsp3) is 0.278. The summed E-state index contributed by atoms with van der Waals surface area (Å²) in [5.74, 6) is 0.0843. The Morgan fingerprint density at radius 2 is 2.00 bits per heavy atom. The lowest BCUT2D eigenvalue weighted by atomic mass is 10.2. The molecule has 3 aromatic heterocycles. The molecule has 3 aromatic rings. The molecule has 0 atom stereocenters. The summed E-state index contributed by atoms with van der Waals surface area (Å²) in [7, 11) is 0. The van der Waals surface area contributed by atoms with Gasteiger partial charge < -0.3 is 9.30 Å². The predicted molar refractivity (Wildman–Crippen MR) is 94.1 cm³/mol. The van der Waals surface area contributed by atoms with Crippen LogP contribution < -0.4 is 0 Å². The van der Waals surface area contributed by atoms with Gasteiger partial charge in [-0.05, 0) is 43.2 Å². The molecule has 1 amide bonds. The largest absolute Gasteiger partial charge is 0.342 e. The van der Waals surface area contributed by atoms with Crippen LogP contribution in [-0.4, -0.2) is 38.3 Å². The van der Waals surface area contributed by atoms with E-state index < -0.39 is 0 Å². The van der Waals surface area contributed by atoms with Gasteiger partial charge in [-0.1, -0.05) is 11.6 Å². The van der Waals surface area contributed by atoms with Crippen LogP contribution in [0.15, 0.2) is 49.1 Å². The molecular weight excluding hydrogens is 324 g/mol. The standard InChI is InChI=1S/C18H19ClN4O/c1-2-22(10-7-14-5-8-20-9-6-14)18(24)11-16-13-23-12-15(19)3-4-17(23)21-16/h3-6,8-9,12-13H,2,7,10-11H2,1H3. The summed E-state index contributed by atoms with van der Waals surface area (Å²) in [6.45, 7) is 3.37. The van der Waals surface area contributed by atoms with Crippen LogP contribution in [0, 0.1) is 0 Å². The molecule has 3 rings (SSSR count). The second-order valence-corrected chi connectivity index (χ2v) is 6.04. The Bertz CT molecular complexity index is 831. The summed E-state index contributed by atoms with van der Waals surface area (Å²) >= 11 is 5.98. The molecule has 0 aliphatic heterocycles. The number of likely N-dealkylation sites (N-methyl/N-ethyl adjacent to an activating group) is 1. The molecule has 0 aliphatic carbocycles. The third-order valence-corrected chi connectivity index (χ3v) is 4.17. The molecule has 0 N–H and O–H groups in total. The zero-order valence-electron chi connectivity index (χ0n) is 13.5. The van der Waals surface area contributed by atoms with Gasteiger partial charge in [0.25, 0.3) is 0 Å². The smallest absolute Gasteiger partial charge is 0.228 e. The third-order valence-electron chi connectivity index (χ3n) is 3.95. The molecule has 0 saturated heterocycles. The van der Waals surface area contributed by atoms with Crippen molar-refractivity contribution in [3.05, 3.63) is 65.3 Å². The summed E-state index contributed by atoms with van der Waals surface area (Å²) in [5, 5.41) is 0.644. The van der Waals surface area contributed by atoms with E-state index in [-0.39, 0.29) is 5.91 Å². The Balaban J connectivity index is 1.64. The summed E-state index contributed by atoms with van der Waals surface area (Å²) in [6, 6.07) is 7.59. The molecule has 0 bridgehead atoms. The van der Waals surface area contributed by atoms with E-state index >= 15 is 0 Å². The fourth-order valence-electron chi connectivity index (χ4n) is 2.64. The van der Waals surface area contributed by atoms with Crippen molar-refractivity contribution in [3.63, 3.8) is 0 Å². The zero-order valence-corrected chi connectivity index (χ0v) is 14.3. The number of carbonyl (C=O) groups excluding carboxylic acids is 1. The number of imidazole rings is 1. The summed E-state index contributed by atoms with van der Waals surface area (Å²) in [4.78, 5) is 22.9. The Hall–Kier alpha value is -2.40. The lowest BCUT2D eigenvalue weighted by molar-refractivity contribution is -0.130. The summed E-state index contributed by atoms with van der Waals surface area (Å²) < 4.78 is 1.85. The SMILES string of the molecule is CCN(CCc1ccncc1)C(=O)Cc1cn2cc(Cl)ccc2n1. The molecule has 6 heteroatoms. The van der Waals surface area contributed by atoms with E-state index in [1.807, 2.05) is 40.6 Å². The Morgan fingerprint density at radius 3 is 2.75 bits per heavy atom. The Kier molecular flexibility index (Phi) is 5.11. The molecule has 0 aliphatic rings. The molecule has 0 radical (unpaired) electrons. The van der Waals surface area contributed by atoms with Crippen molar-refractivity contribution in [2.75, 3.05) is 13.1 Å². The number of rotatable bonds is 6. The van der Waals surface area contributed by atoms with Gasteiger partial charge in [-0.3, -0.25) is 9.78 Å². The minimum Gasteiger partial charge on any atom is -0.342 e. The lowest BCUT2D eigenvalue weighted by Crippen LogP contribution is -2.34. The molecule has 0 aromatic carbocycles. The number of amides is 1. The van der Waals surface area contributed by atoms with E-state index in [4.69, 9.17) is 11.6 Å². The normalized spacial score (nSPS) is 10.9. The molecule has 24 heavy (non-hydrogen) atoms. The zero-order chi connectivity index (χ0) is 16.9. The first kappa shape index (κ1) is 16.5. The van der Waals surface area contributed by atoms with Crippen LogP contribution in [0.4, 0.5) is 0 Å². The first-order valence-corrected chi connectivity index (χ1v) is 8.33. The number of fused-ring (bicyclic) bond motifs is 1. The van der Waals surface area contributed by atoms with Crippen molar-refractivity contribution in [2.24, 2.45) is 0 Å². The van der Waals surface area contributed by atoms with E-state index in [9.17, 15) is 4.79 Å². The van der Waals surface area contributed by atoms with Crippen molar-refractivity contribution < 1.29 is 4.79 Å². The maximum atomic E-state index is 12.5. The van der Waals surface area contributed by atoms with E-state index in [1.165, 1.54) is 5.56 Å². The number of pyridine rings is 2. The fourth-order valence-corrected chi connectivity index (χ4v) is 2.81. The van der Waals surface area contributed by atoms with Gasteiger partial charge in [-0.25, -0.2) is 4.98 Å². The highest BCUT2D eigenvalue weighted by atomic mass is 35.5. The van der Waals surface area contributed by atoms with Crippen LogP contribution in [0.1, 0.15) is 18.2 Å². The van der Waals surface area contributed by atoms with Gasteiger partial charge in [0, 0.05) is 37.9 Å². The minimum absolute atomic E-state index is 0.0843. The van der Waals surface area contributed by atoms with Crippen molar-refractivity contribution in [2.45, 2.75) is 19.8 Å². The maximum Gasteiger partial charge on any atom is 0.228 e. The van der Waals surface area contributed by atoms with Gasteiger partial charge in [-0.15, -0.1) is 0 Å². The number of hydrogen-bond acceptors (Lipinski definition) is 3. The van der Waals surface area contributed by atoms with Gasteiger partial charge in [0.15, 0.2) is 0 Å². The van der Waals surface area contributed by atoms with Gasteiger partial charge >= 0.3 is 0 Å². The molecule has 0 saturated carbocycles. The van der Waals surface area contributed by atoms with E-state index in [1.54, 1.807) is 24.7 Å². The van der Waals surface area contributed by atoms with Gasteiger partial charge in [0.1, 0.15) is 5.65 Å².